The van der Waals surface area contributed by atoms with Crippen molar-refractivity contribution in [3.63, 3.8) is 0 Å². The van der Waals surface area contributed by atoms with E-state index < -0.39 is 0 Å². The lowest BCUT2D eigenvalue weighted by atomic mass is 10.2. The van der Waals surface area contributed by atoms with Crippen LogP contribution in [0.25, 0.3) is 0 Å². The SMILES string of the molecule is COC(OC)c1ccc2c(c1)N(N)CS2. The monoisotopic (exact) mass is 226 g/mol. The van der Waals surface area contributed by atoms with Gasteiger partial charge in [0.1, 0.15) is 0 Å². The van der Waals surface area contributed by atoms with E-state index in [1.807, 2.05) is 18.2 Å². The third-order valence-electron chi connectivity index (χ3n) is 2.35. The Balaban J connectivity index is 2.32. The summed E-state index contributed by atoms with van der Waals surface area (Å²) in [4.78, 5) is 1.20. The lowest BCUT2D eigenvalue weighted by Gasteiger charge is -2.16. The van der Waals surface area contributed by atoms with Gasteiger partial charge in [-0.1, -0.05) is 6.07 Å². The van der Waals surface area contributed by atoms with Crippen molar-refractivity contribution >= 4 is 17.4 Å². The van der Waals surface area contributed by atoms with Gasteiger partial charge in [0, 0.05) is 24.7 Å². The molecule has 1 heterocycles. The third-order valence-corrected chi connectivity index (χ3v) is 3.42. The van der Waals surface area contributed by atoms with Crippen LogP contribution in [0.4, 0.5) is 5.69 Å². The number of ether oxygens (including phenoxy) is 2. The van der Waals surface area contributed by atoms with Crippen LogP contribution in [0.2, 0.25) is 0 Å². The Kier molecular flexibility index (Phi) is 3.16. The van der Waals surface area contributed by atoms with Crippen molar-refractivity contribution in [2.75, 3.05) is 25.1 Å². The fourth-order valence-electron chi connectivity index (χ4n) is 1.60. The molecule has 0 fully saturated rings. The molecular weight excluding hydrogens is 212 g/mol. The van der Waals surface area contributed by atoms with Crippen LogP contribution in [0.15, 0.2) is 23.1 Å². The number of thioether (sulfide) groups is 1. The van der Waals surface area contributed by atoms with Gasteiger partial charge in [-0.25, -0.2) is 5.84 Å². The molecule has 0 aromatic heterocycles. The normalized spacial score (nSPS) is 14.8. The average molecular weight is 226 g/mol. The summed E-state index contributed by atoms with van der Waals surface area (Å²) in [5, 5.41) is 1.73. The van der Waals surface area contributed by atoms with Crippen molar-refractivity contribution in [2.45, 2.75) is 11.2 Å². The summed E-state index contributed by atoms with van der Waals surface area (Å²) in [6.45, 7) is 0. The van der Waals surface area contributed by atoms with E-state index in [0.717, 1.165) is 17.1 Å². The highest BCUT2D eigenvalue weighted by Gasteiger charge is 2.19. The van der Waals surface area contributed by atoms with E-state index in [1.165, 1.54) is 4.90 Å². The minimum atomic E-state index is -0.325. The van der Waals surface area contributed by atoms with Gasteiger partial charge in [0.05, 0.1) is 11.6 Å². The van der Waals surface area contributed by atoms with Crippen LogP contribution < -0.4 is 10.9 Å². The molecule has 82 valence electrons. The van der Waals surface area contributed by atoms with Gasteiger partial charge >= 0.3 is 0 Å². The largest absolute Gasteiger partial charge is 0.352 e. The number of hydrogen-bond donors (Lipinski definition) is 1. The van der Waals surface area contributed by atoms with Crippen molar-refractivity contribution in [1.29, 1.82) is 0 Å². The Hall–Kier alpha value is -0.750. The van der Waals surface area contributed by atoms with Gasteiger partial charge in [0.15, 0.2) is 6.29 Å². The predicted molar refractivity (Wildman–Crippen MR) is 60.6 cm³/mol. The topological polar surface area (TPSA) is 47.7 Å². The maximum Gasteiger partial charge on any atom is 0.183 e. The first-order chi connectivity index (χ1) is 7.26. The zero-order valence-electron chi connectivity index (χ0n) is 8.77. The molecule has 0 saturated heterocycles. The van der Waals surface area contributed by atoms with Crippen LogP contribution in [-0.2, 0) is 9.47 Å². The maximum atomic E-state index is 5.83. The van der Waals surface area contributed by atoms with Gasteiger partial charge in [-0.15, -0.1) is 11.8 Å². The number of nitrogens with two attached hydrogens (primary N) is 1. The van der Waals surface area contributed by atoms with Crippen LogP contribution in [0.5, 0.6) is 0 Å². The van der Waals surface area contributed by atoms with Gasteiger partial charge in [-0.3, -0.25) is 5.01 Å². The molecule has 0 aliphatic carbocycles. The highest BCUT2D eigenvalue weighted by atomic mass is 32.2. The van der Waals surface area contributed by atoms with Crippen LogP contribution in [0, 0.1) is 0 Å². The van der Waals surface area contributed by atoms with E-state index in [-0.39, 0.29) is 6.29 Å². The number of anilines is 1. The quantitative estimate of drug-likeness (QED) is 0.628. The molecule has 15 heavy (non-hydrogen) atoms. The van der Waals surface area contributed by atoms with E-state index in [9.17, 15) is 0 Å². The fourth-order valence-corrected chi connectivity index (χ4v) is 2.51. The number of nitrogens with zero attached hydrogens (tertiary/aromatic N) is 1. The Morgan fingerprint density at radius 1 is 1.40 bits per heavy atom. The van der Waals surface area contributed by atoms with E-state index in [4.69, 9.17) is 15.3 Å². The molecule has 1 aliphatic rings. The van der Waals surface area contributed by atoms with Crippen LogP contribution >= 0.6 is 11.8 Å². The van der Waals surface area contributed by atoms with Gasteiger partial charge < -0.3 is 9.47 Å². The molecule has 0 amide bonds. The highest BCUT2D eigenvalue weighted by molar-refractivity contribution is 7.99. The number of hydrogen-bond acceptors (Lipinski definition) is 5. The van der Waals surface area contributed by atoms with Crippen LogP contribution in [-0.4, -0.2) is 20.1 Å². The first kappa shape index (κ1) is 10.8. The second-order valence-corrected chi connectivity index (χ2v) is 4.26. The molecule has 0 bridgehead atoms. The number of rotatable bonds is 3. The summed E-state index contributed by atoms with van der Waals surface area (Å²) in [6.07, 6.45) is -0.325. The van der Waals surface area contributed by atoms with Gasteiger partial charge in [-0.2, -0.15) is 0 Å². The smallest absolute Gasteiger partial charge is 0.183 e. The minimum Gasteiger partial charge on any atom is -0.352 e. The van der Waals surface area contributed by atoms with Crippen molar-refractivity contribution in [1.82, 2.24) is 0 Å². The molecule has 0 spiro atoms. The molecule has 0 radical (unpaired) electrons. The first-order valence-corrected chi connectivity index (χ1v) is 5.59. The lowest BCUT2D eigenvalue weighted by molar-refractivity contribution is -0.106. The Morgan fingerprint density at radius 3 is 2.80 bits per heavy atom. The maximum absolute atomic E-state index is 5.83. The van der Waals surface area contributed by atoms with Gasteiger partial charge in [0.2, 0.25) is 0 Å². The predicted octanol–water partition coefficient (Wildman–Crippen LogP) is 1.72. The summed E-state index contributed by atoms with van der Waals surface area (Å²) >= 11 is 1.73. The summed E-state index contributed by atoms with van der Waals surface area (Å²) in [5.41, 5.74) is 2.02. The lowest BCUT2D eigenvalue weighted by Crippen LogP contribution is -2.27. The minimum absolute atomic E-state index is 0.325. The Bertz CT molecular complexity index is 355. The second-order valence-electron chi connectivity index (χ2n) is 3.27. The van der Waals surface area contributed by atoms with Crippen LogP contribution in [0.1, 0.15) is 11.9 Å². The molecule has 1 aromatic rings. The number of benzene rings is 1. The van der Waals surface area contributed by atoms with Crippen molar-refractivity contribution in [3.8, 4) is 0 Å². The molecule has 0 saturated carbocycles. The molecule has 2 N–H and O–H groups in total. The first-order valence-electron chi connectivity index (χ1n) is 4.61. The molecule has 1 aromatic carbocycles. The summed E-state index contributed by atoms with van der Waals surface area (Å²) < 4.78 is 10.4. The average Bonchev–Trinajstić information content (AvgIpc) is 2.62. The standard InChI is InChI=1S/C10H14N2O2S/c1-13-10(14-2)7-3-4-9-8(5-7)12(11)6-15-9/h3-5,10H,6,11H2,1-2H3. The highest BCUT2D eigenvalue weighted by Crippen LogP contribution is 2.38. The van der Waals surface area contributed by atoms with Gasteiger partial charge in [-0.05, 0) is 12.1 Å². The number of methoxy groups -OCH3 is 2. The summed E-state index contributed by atoms with van der Waals surface area (Å²) in [7, 11) is 3.24. The summed E-state index contributed by atoms with van der Waals surface area (Å²) in [6, 6.07) is 6.06. The van der Waals surface area contributed by atoms with E-state index >= 15 is 0 Å². The fraction of sp³-hybridized carbons (Fsp3) is 0.400. The van der Waals surface area contributed by atoms with Crippen LogP contribution in [0.3, 0.4) is 0 Å². The molecule has 4 nitrogen and oxygen atoms in total. The number of fused-ring (bicyclic) bond motifs is 1. The van der Waals surface area contributed by atoms with Gasteiger partial charge in [0.25, 0.3) is 0 Å². The van der Waals surface area contributed by atoms with Crippen molar-refractivity contribution < 1.29 is 9.47 Å². The molecule has 5 heteroatoms. The molecule has 0 atom stereocenters. The van der Waals surface area contributed by atoms with E-state index in [2.05, 4.69) is 0 Å². The molecule has 2 rings (SSSR count). The molecule has 0 unspecified atom stereocenters. The zero-order chi connectivity index (χ0) is 10.8. The third kappa shape index (κ3) is 1.96. The molecular formula is C10H14N2O2S. The van der Waals surface area contributed by atoms with Crippen molar-refractivity contribution in [2.24, 2.45) is 5.84 Å². The Morgan fingerprint density at radius 2 is 2.13 bits per heavy atom. The second kappa shape index (κ2) is 4.40. The number of hydrazine groups is 1. The summed E-state index contributed by atoms with van der Waals surface area (Å²) in [5.74, 6) is 6.62. The Labute approximate surface area is 93.3 Å². The van der Waals surface area contributed by atoms with Crippen molar-refractivity contribution in [3.05, 3.63) is 23.8 Å². The van der Waals surface area contributed by atoms with E-state index in [1.54, 1.807) is 31.0 Å². The van der Waals surface area contributed by atoms with E-state index in [0.29, 0.717) is 0 Å². The zero-order valence-corrected chi connectivity index (χ0v) is 9.58. The molecule has 1 aliphatic heterocycles.